The van der Waals surface area contributed by atoms with Gasteiger partial charge < -0.3 is 4.90 Å². The predicted molar refractivity (Wildman–Crippen MR) is 114 cm³/mol. The van der Waals surface area contributed by atoms with Crippen molar-refractivity contribution in [1.29, 1.82) is 0 Å². The number of benzene rings is 1. The second-order valence-corrected chi connectivity index (χ2v) is 7.79. The number of carbonyl (C=O) groups excluding carboxylic acids is 1. The second-order valence-electron chi connectivity index (χ2n) is 7.79. The van der Waals surface area contributed by atoms with Crippen molar-refractivity contribution in [3.63, 3.8) is 0 Å². The van der Waals surface area contributed by atoms with Crippen molar-refractivity contribution in [2.24, 2.45) is 0 Å². The number of carbonyl (C=O) groups is 1. The van der Waals surface area contributed by atoms with Gasteiger partial charge in [0.2, 0.25) is 0 Å². The number of aromatic nitrogens is 3. The fourth-order valence-corrected chi connectivity index (χ4v) is 4.07. The zero-order valence-corrected chi connectivity index (χ0v) is 17.2. The van der Waals surface area contributed by atoms with E-state index in [1.165, 1.54) is 11.1 Å². The maximum Gasteiger partial charge on any atom is 0.257 e. The summed E-state index contributed by atoms with van der Waals surface area (Å²) in [5, 5.41) is 0. The van der Waals surface area contributed by atoms with Gasteiger partial charge in [-0.15, -0.1) is 0 Å². The molecule has 1 aromatic carbocycles. The van der Waals surface area contributed by atoms with Gasteiger partial charge in [-0.1, -0.05) is 30.3 Å². The Kier molecular flexibility index (Phi) is 5.38. The van der Waals surface area contributed by atoms with E-state index in [0.717, 1.165) is 36.5 Å². The van der Waals surface area contributed by atoms with Crippen LogP contribution in [-0.2, 0) is 0 Å². The first-order valence-electron chi connectivity index (χ1n) is 10.1. The smallest absolute Gasteiger partial charge is 0.257 e. The third-order valence-corrected chi connectivity index (χ3v) is 5.54. The average Bonchev–Trinajstić information content (AvgIpc) is 2.73. The summed E-state index contributed by atoms with van der Waals surface area (Å²) in [5.41, 5.74) is 5.78. The molecule has 1 atom stereocenters. The van der Waals surface area contributed by atoms with Gasteiger partial charge >= 0.3 is 0 Å². The number of aryl methyl sites for hydroxylation is 3. The lowest BCUT2D eigenvalue weighted by atomic mass is 9.92. The molecule has 1 aliphatic heterocycles. The van der Waals surface area contributed by atoms with Crippen LogP contribution in [0.15, 0.2) is 48.7 Å². The molecule has 148 valence electrons. The zero-order valence-electron chi connectivity index (χ0n) is 17.2. The van der Waals surface area contributed by atoms with E-state index in [-0.39, 0.29) is 11.8 Å². The van der Waals surface area contributed by atoms with Crippen LogP contribution in [0.4, 0.5) is 0 Å². The highest BCUT2D eigenvalue weighted by Crippen LogP contribution is 2.30. The van der Waals surface area contributed by atoms with Gasteiger partial charge in [0.25, 0.3) is 5.91 Å². The quantitative estimate of drug-likeness (QED) is 0.666. The van der Waals surface area contributed by atoms with Gasteiger partial charge in [0.15, 0.2) is 0 Å². The molecule has 0 radical (unpaired) electrons. The summed E-state index contributed by atoms with van der Waals surface area (Å²) in [6.07, 6.45) is 3.67. The Morgan fingerprint density at radius 3 is 2.59 bits per heavy atom. The van der Waals surface area contributed by atoms with Crippen molar-refractivity contribution in [2.75, 3.05) is 13.1 Å². The maximum atomic E-state index is 13.1. The fourth-order valence-electron chi connectivity index (χ4n) is 4.07. The molecule has 0 aliphatic carbocycles. The molecule has 4 rings (SSSR count). The third-order valence-electron chi connectivity index (χ3n) is 5.54. The molecular formula is C24H26N4O. The molecular weight excluding hydrogens is 360 g/mol. The minimum Gasteiger partial charge on any atom is -0.338 e. The molecule has 29 heavy (non-hydrogen) atoms. The van der Waals surface area contributed by atoms with Gasteiger partial charge in [0.05, 0.1) is 11.3 Å². The van der Waals surface area contributed by atoms with E-state index >= 15 is 0 Å². The van der Waals surface area contributed by atoms with E-state index < -0.39 is 0 Å². The van der Waals surface area contributed by atoms with Crippen LogP contribution in [0.1, 0.15) is 52.0 Å². The van der Waals surface area contributed by atoms with Gasteiger partial charge in [-0.25, -0.2) is 9.97 Å². The summed E-state index contributed by atoms with van der Waals surface area (Å²) in [5.74, 6) is 0.942. The van der Waals surface area contributed by atoms with Crippen molar-refractivity contribution < 1.29 is 4.79 Å². The van der Waals surface area contributed by atoms with Crippen LogP contribution in [0.2, 0.25) is 0 Å². The molecule has 1 saturated heterocycles. The highest BCUT2D eigenvalue weighted by molar-refractivity contribution is 5.95. The van der Waals surface area contributed by atoms with Crippen LogP contribution < -0.4 is 0 Å². The second kappa shape index (κ2) is 8.11. The van der Waals surface area contributed by atoms with Crippen LogP contribution >= 0.6 is 0 Å². The Morgan fingerprint density at radius 2 is 1.83 bits per heavy atom. The molecule has 0 spiro atoms. The first-order valence-corrected chi connectivity index (χ1v) is 10.1. The van der Waals surface area contributed by atoms with Crippen molar-refractivity contribution in [3.8, 4) is 11.1 Å². The van der Waals surface area contributed by atoms with E-state index in [0.29, 0.717) is 17.9 Å². The molecule has 0 saturated carbocycles. The number of piperidine rings is 1. The molecule has 0 N–H and O–H groups in total. The van der Waals surface area contributed by atoms with E-state index in [4.69, 9.17) is 4.98 Å². The minimum absolute atomic E-state index is 0.0168. The van der Waals surface area contributed by atoms with Gasteiger partial charge in [-0.2, -0.15) is 0 Å². The number of pyridine rings is 1. The number of rotatable bonds is 3. The first kappa shape index (κ1) is 19.2. The lowest BCUT2D eigenvalue weighted by Crippen LogP contribution is -2.39. The van der Waals surface area contributed by atoms with E-state index in [1.54, 1.807) is 6.20 Å². The lowest BCUT2D eigenvalue weighted by Gasteiger charge is -2.33. The maximum absolute atomic E-state index is 13.1. The van der Waals surface area contributed by atoms with Crippen LogP contribution in [0.25, 0.3) is 11.1 Å². The standard InChI is InChI=1S/C24H26N4O/c1-16-12-21(19-8-5-4-6-9-19)13-23(26-16)20-10-7-11-28(15-20)24(29)22-14-25-18(3)27-17(22)2/h4-6,8-9,12-14,20H,7,10-11,15H2,1-3H3. The molecule has 1 unspecified atom stereocenters. The molecule has 3 aromatic rings. The average molecular weight is 386 g/mol. The summed E-state index contributed by atoms with van der Waals surface area (Å²) in [6, 6.07) is 14.7. The van der Waals surface area contributed by atoms with Crippen molar-refractivity contribution in [2.45, 2.75) is 39.5 Å². The van der Waals surface area contributed by atoms with Crippen LogP contribution in [0.3, 0.4) is 0 Å². The summed E-state index contributed by atoms with van der Waals surface area (Å²) in [6.45, 7) is 7.19. The molecule has 2 aromatic heterocycles. The van der Waals surface area contributed by atoms with Crippen LogP contribution in [0.5, 0.6) is 0 Å². The molecule has 3 heterocycles. The Bertz CT molecular complexity index is 1030. The number of hydrogen-bond donors (Lipinski definition) is 0. The molecule has 5 nitrogen and oxygen atoms in total. The zero-order chi connectivity index (χ0) is 20.4. The Hall–Kier alpha value is -3.08. The predicted octanol–water partition coefficient (Wildman–Crippen LogP) is 4.48. The largest absolute Gasteiger partial charge is 0.338 e. The normalized spacial score (nSPS) is 16.7. The van der Waals surface area contributed by atoms with Crippen LogP contribution in [-0.4, -0.2) is 38.8 Å². The Labute approximate surface area is 171 Å². The topological polar surface area (TPSA) is 59.0 Å². The summed E-state index contributed by atoms with van der Waals surface area (Å²) >= 11 is 0. The monoisotopic (exact) mass is 386 g/mol. The number of hydrogen-bond acceptors (Lipinski definition) is 4. The van der Waals surface area contributed by atoms with Crippen molar-refractivity contribution >= 4 is 5.91 Å². The van der Waals surface area contributed by atoms with Crippen molar-refractivity contribution in [3.05, 3.63) is 77.1 Å². The first-order chi connectivity index (χ1) is 14.0. The SMILES string of the molecule is Cc1cc(-c2ccccc2)cc(C2CCCN(C(=O)c3cnc(C)nc3C)C2)n1. The highest BCUT2D eigenvalue weighted by Gasteiger charge is 2.28. The van der Waals surface area contributed by atoms with Crippen molar-refractivity contribution in [1.82, 2.24) is 19.9 Å². The summed E-state index contributed by atoms with van der Waals surface area (Å²) in [7, 11) is 0. The number of likely N-dealkylation sites (tertiary alicyclic amines) is 1. The minimum atomic E-state index is 0.0168. The molecule has 0 bridgehead atoms. The Balaban J connectivity index is 1.59. The van der Waals surface area contributed by atoms with E-state index in [9.17, 15) is 4.79 Å². The number of amides is 1. The van der Waals surface area contributed by atoms with Gasteiger partial charge in [-0.05, 0) is 56.9 Å². The molecule has 1 amide bonds. The van der Waals surface area contributed by atoms with E-state index in [2.05, 4.69) is 46.4 Å². The van der Waals surface area contributed by atoms with Gasteiger partial charge in [-0.3, -0.25) is 9.78 Å². The number of nitrogens with zero attached hydrogens (tertiary/aromatic N) is 4. The van der Waals surface area contributed by atoms with Gasteiger partial charge in [0.1, 0.15) is 5.82 Å². The fraction of sp³-hybridized carbons (Fsp3) is 0.333. The summed E-state index contributed by atoms with van der Waals surface area (Å²) < 4.78 is 0. The van der Waals surface area contributed by atoms with Crippen LogP contribution in [0, 0.1) is 20.8 Å². The highest BCUT2D eigenvalue weighted by atomic mass is 16.2. The molecule has 1 aliphatic rings. The van der Waals surface area contributed by atoms with E-state index in [1.807, 2.05) is 31.7 Å². The lowest BCUT2D eigenvalue weighted by molar-refractivity contribution is 0.0704. The summed E-state index contributed by atoms with van der Waals surface area (Å²) in [4.78, 5) is 28.4. The third kappa shape index (κ3) is 4.19. The Morgan fingerprint density at radius 1 is 1.03 bits per heavy atom. The van der Waals surface area contributed by atoms with Gasteiger partial charge in [0, 0.05) is 36.6 Å². The molecule has 1 fully saturated rings. The molecule has 5 heteroatoms.